The van der Waals surface area contributed by atoms with Crippen molar-refractivity contribution in [2.45, 2.75) is 32.4 Å². The van der Waals surface area contributed by atoms with Crippen molar-refractivity contribution in [1.29, 1.82) is 0 Å². The van der Waals surface area contributed by atoms with Crippen LogP contribution in [0, 0.1) is 6.92 Å². The summed E-state index contributed by atoms with van der Waals surface area (Å²) in [6.45, 7) is 7.65. The van der Waals surface area contributed by atoms with Crippen LogP contribution in [0.1, 0.15) is 24.1 Å². The van der Waals surface area contributed by atoms with Crippen LogP contribution in [0.25, 0.3) is 0 Å². The van der Waals surface area contributed by atoms with Gasteiger partial charge in [0.15, 0.2) is 0 Å². The summed E-state index contributed by atoms with van der Waals surface area (Å²) >= 11 is 0. The lowest BCUT2D eigenvalue weighted by Gasteiger charge is -2.36. The van der Waals surface area contributed by atoms with Gasteiger partial charge in [0.25, 0.3) is 0 Å². The highest BCUT2D eigenvalue weighted by atomic mass is 15.3. The summed E-state index contributed by atoms with van der Waals surface area (Å²) < 4.78 is 1.92. The number of nitrogens with one attached hydrogen (secondary N) is 1. The van der Waals surface area contributed by atoms with Crippen molar-refractivity contribution in [2.24, 2.45) is 7.05 Å². The minimum absolute atomic E-state index is 0.819. The van der Waals surface area contributed by atoms with Crippen molar-refractivity contribution in [3.63, 3.8) is 0 Å². The number of aryl methyl sites for hydroxylation is 1. The van der Waals surface area contributed by atoms with Crippen molar-refractivity contribution in [2.75, 3.05) is 36.4 Å². The second-order valence-corrected chi connectivity index (χ2v) is 7.03. The molecule has 128 valence electrons. The molecule has 1 saturated heterocycles. The molecule has 0 atom stereocenters. The van der Waals surface area contributed by atoms with Gasteiger partial charge >= 0.3 is 0 Å². The molecule has 2 fully saturated rings. The van der Waals surface area contributed by atoms with Gasteiger partial charge in [-0.25, -0.2) is 0 Å². The molecule has 1 saturated carbocycles. The Kier molecular flexibility index (Phi) is 4.19. The third-order valence-electron chi connectivity index (χ3n) is 5.43. The molecule has 1 aliphatic heterocycles. The van der Waals surface area contributed by atoms with Crippen molar-refractivity contribution in [3.05, 3.63) is 41.7 Å². The van der Waals surface area contributed by atoms with Crippen LogP contribution in [0.15, 0.2) is 30.5 Å². The monoisotopic (exact) mass is 325 g/mol. The Hall–Kier alpha value is -2.01. The summed E-state index contributed by atoms with van der Waals surface area (Å²) in [5.74, 6) is 0. The van der Waals surface area contributed by atoms with Crippen molar-refractivity contribution in [3.8, 4) is 0 Å². The fourth-order valence-electron chi connectivity index (χ4n) is 3.49. The predicted octanol–water partition coefficient (Wildman–Crippen LogP) is 2.63. The largest absolute Gasteiger partial charge is 0.381 e. The number of benzene rings is 1. The highest BCUT2D eigenvalue weighted by molar-refractivity contribution is 5.55. The molecule has 4 rings (SSSR count). The van der Waals surface area contributed by atoms with Gasteiger partial charge < -0.3 is 10.2 Å². The minimum atomic E-state index is 0.819. The van der Waals surface area contributed by atoms with E-state index in [0.29, 0.717) is 0 Å². The van der Waals surface area contributed by atoms with Gasteiger partial charge in [0, 0.05) is 68.4 Å². The molecule has 5 heteroatoms. The summed E-state index contributed by atoms with van der Waals surface area (Å²) in [7, 11) is 1.98. The molecule has 5 nitrogen and oxygen atoms in total. The zero-order valence-electron chi connectivity index (χ0n) is 14.7. The molecule has 0 spiro atoms. The van der Waals surface area contributed by atoms with E-state index in [-0.39, 0.29) is 0 Å². The molecule has 1 aromatic heterocycles. The highest BCUT2D eigenvalue weighted by Crippen LogP contribution is 2.28. The highest BCUT2D eigenvalue weighted by Gasteiger charge is 2.31. The van der Waals surface area contributed by atoms with E-state index in [9.17, 15) is 0 Å². The van der Waals surface area contributed by atoms with Crippen LogP contribution in [-0.4, -0.2) is 46.9 Å². The molecular formula is C19H27N5. The molecule has 1 aliphatic carbocycles. The maximum absolute atomic E-state index is 4.29. The smallest absolute Gasteiger partial charge is 0.0542 e. The lowest BCUT2D eigenvalue weighted by molar-refractivity contribution is 0.248. The Bertz CT molecular complexity index is 678. The van der Waals surface area contributed by atoms with Crippen LogP contribution in [0.2, 0.25) is 0 Å². The Labute approximate surface area is 144 Å². The Morgan fingerprint density at radius 2 is 1.79 bits per heavy atom. The molecule has 24 heavy (non-hydrogen) atoms. The number of nitrogens with zero attached hydrogens (tertiary/aromatic N) is 4. The van der Waals surface area contributed by atoms with E-state index in [4.69, 9.17) is 0 Å². The topological polar surface area (TPSA) is 36.3 Å². The Balaban J connectivity index is 1.32. The second-order valence-electron chi connectivity index (χ2n) is 7.03. The van der Waals surface area contributed by atoms with Crippen LogP contribution in [0.5, 0.6) is 0 Å². The maximum Gasteiger partial charge on any atom is 0.0542 e. The first-order chi connectivity index (χ1) is 11.7. The number of hydrogen-bond donors (Lipinski definition) is 1. The van der Waals surface area contributed by atoms with Crippen molar-refractivity contribution >= 4 is 11.4 Å². The second kappa shape index (κ2) is 6.48. The molecule has 1 N–H and O–H groups in total. The zero-order valence-corrected chi connectivity index (χ0v) is 14.7. The van der Waals surface area contributed by atoms with Crippen LogP contribution >= 0.6 is 0 Å². The first-order valence-corrected chi connectivity index (χ1v) is 9.01. The van der Waals surface area contributed by atoms with Gasteiger partial charge in [-0.15, -0.1) is 0 Å². The number of rotatable bonds is 5. The van der Waals surface area contributed by atoms with Gasteiger partial charge in [0.05, 0.1) is 6.20 Å². The number of hydrogen-bond acceptors (Lipinski definition) is 4. The minimum Gasteiger partial charge on any atom is -0.381 e. The summed E-state index contributed by atoms with van der Waals surface area (Å²) in [5.41, 5.74) is 4.97. The molecule has 0 bridgehead atoms. The van der Waals surface area contributed by atoms with E-state index in [1.807, 2.05) is 17.9 Å². The van der Waals surface area contributed by atoms with E-state index in [1.54, 1.807) is 0 Å². The Morgan fingerprint density at radius 3 is 2.38 bits per heavy atom. The summed E-state index contributed by atoms with van der Waals surface area (Å²) in [4.78, 5) is 5.16. The van der Waals surface area contributed by atoms with Gasteiger partial charge in [-0.1, -0.05) is 0 Å². The summed E-state index contributed by atoms with van der Waals surface area (Å²) in [6.07, 6.45) is 4.77. The molecule has 0 radical (unpaired) electrons. The predicted molar refractivity (Wildman–Crippen MR) is 98.5 cm³/mol. The van der Waals surface area contributed by atoms with Crippen LogP contribution < -0.4 is 10.2 Å². The maximum atomic E-state index is 4.29. The van der Waals surface area contributed by atoms with Crippen LogP contribution in [-0.2, 0) is 13.6 Å². The molecule has 2 aliphatic rings. The lowest BCUT2D eigenvalue weighted by atomic mass is 10.2. The summed E-state index contributed by atoms with van der Waals surface area (Å²) in [5, 5.41) is 7.79. The normalized spacial score (nSPS) is 18.8. The number of anilines is 2. The SMILES string of the molecule is Cc1c(CNc2ccc(N3CCN(C4CC4)CC3)cc2)cnn1C. The number of aromatic nitrogens is 2. The van der Waals surface area contributed by atoms with Crippen LogP contribution in [0.3, 0.4) is 0 Å². The lowest BCUT2D eigenvalue weighted by Crippen LogP contribution is -2.47. The first kappa shape index (κ1) is 15.5. The first-order valence-electron chi connectivity index (χ1n) is 9.01. The zero-order chi connectivity index (χ0) is 16.5. The standard InChI is InChI=1S/C19H27N5/c1-15-16(14-21-22(15)2)13-20-17-3-5-18(6-4-17)23-9-11-24(12-10-23)19-7-8-19/h3-6,14,19-20H,7-13H2,1-2H3. The molecule has 2 aromatic rings. The van der Waals surface area contributed by atoms with Gasteiger partial charge in [0.1, 0.15) is 0 Å². The van der Waals surface area contributed by atoms with Gasteiger partial charge in [0.2, 0.25) is 0 Å². The van der Waals surface area contributed by atoms with E-state index in [2.05, 4.69) is 51.4 Å². The van der Waals surface area contributed by atoms with E-state index >= 15 is 0 Å². The van der Waals surface area contributed by atoms with E-state index in [1.165, 1.54) is 48.6 Å². The third-order valence-corrected chi connectivity index (χ3v) is 5.43. The molecule has 0 unspecified atom stereocenters. The molecule has 0 amide bonds. The number of piperazine rings is 1. The van der Waals surface area contributed by atoms with E-state index < -0.39 is 0 Å². The van der Waals surface area contributed by atoms with Crippen LogP contribution in [0.4, 0.5) is 11.4 Å². The Morgan fingerprint density at radius 1 is 1.08 bits per heavy atom. The van der Waals surface area contributed by atoms with Gasteiger partial charge in [-0.3, -0.25) is 9.58 Å². The van der Waals surface area contributed by atoms with Crippen molar-refractivity contribution < 1.29 is 0 Å². The average Bonchev–Trinajstić information content (AvgIpc) is 3.42. The van der Waals surface area contributed by atoms with Gasteiger partial charge in [-0.2, -0.15) is 5.10 Å². The molecular weight excluding hydrogens is 298 g/mol. The van der Waals surface area contributed by atoms with E-state index in [0.717, 1.165) is 25.7 Å². The van der Waals surface area contributed by atoms with Gasteiger partial charge in [-0.05, 0) is 44.0 Å². The fourth-order valence-corrected chi connectivity index (χ4v) is 3.49. The molecule has 2 heterocycles. The quantitative estimate of drug-likeness (QED) is 0.917. The summed E-state index contributed by atoms with van der Waals surface area (Å²) in [6, 6.07) is 9.76. The van der Waals surface area contributed by atoms with Crippen molar-refractivity contribution in [1.82, 2.24) is 14.7 Å². The molecule has 1 aromatic carbocycles. The third kappa shape index (κ3) is 3.26. The fraction of sp³-hybridized carbons (Fsp3) is 0.526. The average molecular weight is 325 g/mol.